The van der Waals surface area contributed by atoms with Crippen molar-refractivity contribution in [3.8, 4) is 5.75 Å². The Morgan fingerprint density at radius 2 is 2.06 bits per heavy atom. The van der Waals surface area contributed by atoms with Gasteiger partial charge in [-0.25, -0.2) is 4.98 Å². The minimum atomic E-state index is 0.0805. The van der Waals surface area contributed by atoms with E-state index in [9.17, 15) is 5.11 Å². The Kier molecular flexibility index (Phi) is 7.22. The van der Waals surface area contributed by atoms with Crippen LogP contribution >= 0.6 is 0 Å². The van der Waals surface area contributed by atoms with Crippen LogP contribution in [0.5, 0.6) is 5.75 Å². The Balaban J connectivity index is 1.38. The first-order chi connectivity index (χ1) is 17.5. The number of likely N-dealkylation sites (tertiary alicyclic amines) is 2. The summed E-state index contributed by atoms with van der Waals surface area (Å²) in [7, 11) is 3.91. The zero-order valence-corrected chi connectivity index (χ0v) is 21.4. The highest BCUT2D eigenvalue weighted by molar-refractivity contribution is 5.86. The van der Waals surface area contributed by atoms with Gasteiger partial charge in [0, 0.05) is 62.2 Å². The monoisotopic (exact) mass is 495 g/mol. The Hall–Kier alpha value is -3.02. The molecule has 0 aromatic carbocycles. The molecule has 0 aliphatic carbocycles. The number of pyridine rings is 1. The average Bonchev–Trinajstić information content (AvgIpc) is 3.54. The van der Waals surface area contributed by atoms with E-state index in [4.69, 9.17) is 15.5 Å². The number of likely N-dealkylation sites (N-methyl/N-ethyl adjacent to an activating group) is 1. The van der Waals surface area contributed by atoms with Crippen molar-refractivity contribution in [3.05, 3.63) is 29.7 Å². The van der Waals surface area contributed by atoms with Crippen molar-refractivity contribution in [2.75, 3.05) is 44.9 Å². The first-order valence-electron chi connectivity index (χ1n) is 12.8. The lowest BCUT2D eigenvalue weighted by Crippen LogP contribution is -2.44. The van der Waals surface area contributed by atoms with Crippen LogP contribution < -0.4 is 15.8 Å². The topological polar surface area (TPSA) is 130 Å². The van der Waals surface area contributed by atoms with Crippen molar-refractivity contribution < 1.29 is 9.84 Å². The third kappa shape index (κ3) is 4.95. The second kappa shape index (κ2) is 10.5. The smallest absolute Gasteiger partial charge is 0.222 e. The molecule has 11 heteroatoms. The summed E-state index contributed by atoms with van der Waals surface area (Å²) >= 11 is 0. The van der Waals surface area contributed by atoms with Gasteiger partial charge in [-0.1, -0.05) is 13.3 Å². The summed E-state index contributed by atoms with van der Waals surface area (Å²) in [4.78, 5) is 18.6. The molecule has 2 aliphatic heterocycles. The maximum atomic E-state index is 9.49. The fraction of sp³-hybridized carbons (Fsp3) is 0.600. The molecule has 0 radical (unpaired) electrons. The van der Waals surface area contributed by atoms with Gasteiger partial charge in [0.25, 0.3) is 0 Å². The van der Waals surface area contributed by atoms with E-state index in [1.54, 1.807) is 13.3 Å². The molecule has 0 saturated carbocycles. The SMILES string of the molecule is CCC[C@@H](CCO)Nc1nc(N)nc2cnn(Cc3cnc(CN4C[C@@H]5C[C@H]4CN5C)cc3OC)c12. The number of aliphatic hydroxyl groups excluding tert-OH is 1. The van der Waals surface area contributed by atoms with Gasteiger partial charge in [0.05, 0.1) is 25.5 Å². The van der Waals surface area contributed by atoms with E-state index in [2.05, 4.69) is 44.2 Å². The Morgan fingerprint density at radius 3 is 2.75 bits per heavy atom. The van der Waals surface area contributed by atoms with Gasteiger partial charge in [0.1, 0.15) is 16.8 Å². The third-order valence-corrected chi connectivity index (χ3v) is 7.49. The number of nitrogens with one attached hydrogen (secondary N) is 1. The highest BCUT2D eigenvalue weighted by atomic mass is 16.5. The van der Waals surface area contributed by atoms with Crippen molar-refractivity contribution in [1.29, 1.82) is 0 Å². The van der Waals surface area contributed by atoms with Gasteiger partial charge >= 0.3 is 0 Å². The number of nitrogens with zero attached hydrogens (tertiary/aromatic N) is 7. The van der Waals surface area contributed by atoms with Crippen LogP contribution in [0.1, 0.15) is 43.9 Å². The van der Waals surface area contributed by atoms with Crippen LogP contribution in [0.4, 0.5) is 11.8 Å². The van der Waals surface area contributed by atoms with Gasteiger partial charge in [-0.15, -0.1) is 0 Å². The van der Waals surface area contributed by atoms with Crippen molar-refractivity contribution >= 4 is 22.8 Å². The second-order valence-electron chi connectivity index (χ2n) is 10.0. The second-order valence-corrected chi connectivity index (χ2v) is 10.0. The zero-order chi connectivity index (χ0) is 25.2. The van der Waals surface area contributed by atoms with Crippen molar-refractivity contribution in [1.82, 2.24) is 34.5 Å². The number of aliphatic hydroxyl groups is 1. The number of nitrogen functional groups attached to an aromatic ring is 1. The Labute approximate surface area is 211 Å². The number of hydrogen-bond acceptors (Lipinski definition) is 10. The largest absolute Gasteiger partial charge is 0.496 e. The van der Waals surface area contributed by atoms with E-state index in [0.717, 1.165) is 55.0 Å². The van der Waals surface area contributed by atoms with Gasteiger partial charge in [0.2, 0.25) is 5.95 Å². The van der Waals surface area contributed by atoms with Crippen LogP contribution in [-0.2, 0) is 13.1 Å². The van der Waals surface area contributed by atoms with Crippen LogP contribution in [0.15, 0.2) is 18.5 Å². The molecule has 11 nitrogen and oxygen atoms in total. The molecular formula is C25H37N9O2. The highest BCUT2D eigenvalue weighted by Gasteiger charge is 2.41. The molecule has 3 aromatic rings. The van der Waals surface area contributed by atoms with E-state index in [-0.39, 0.29) is 18.6 Å². The fourth-order valence-corrected chi connectivity index (χ4v) is 5.64. The van der Waals surface area contributed by atoms with E-state index in [1.807, 2.05) is 16.9 Å². The molecule has 0 unspecified atom stereocenters. The van der Waals surface area contributed by atoms with Crippen LogP contribution in [0.25, 0.3) is 11.0 Å². The maximum absolute atomic E-state index is 9.49. The lowest BCUT2D eigenvalue weighted by atomic mass is 10.1. The van der Waals surface area contributed by atoms with E-state index < -0.39 is 0 Å². The third-order valence-electron chi connectivity index (χ3n) is 7.49. The molecule has 2 aliphatic rings. The number of ether oxygens (including phenoxy) is 1. The van der Waals surface area contributed by atoms with Gasteiger partial charge in [-0.2, -0.15) is 10.1 Å². The summed E-state index contributed by atoms with van der Waals surface area (Å²) in [5, 5.41) is 17.5. The predicted octanol–water partition coefficient (Wildman–Crippen LogP) is 1.71. The van der Waals surface area contributed by atoms with Crippen molar-refractivity contribution in [3.63, 3.8) is 0 Å². The van der Waals surface area contributed by atoms with Gasteiger partial charge in [-0.3, -0.25) is 14.6 Å². The molecular weight excluding hydrogens is 458 g/mol. The molecule has 0 amide bonds. The summed E-state index contributed by atoms with van der Waals surface area (Å²) in [6.45, 7) is 5.75. The summed E-state index contributed by atoms with van der Waals surface area (Å²) < 4.78 is 7.62. The molecule has 2 fully saturated rings. The van der Waals surface area contributed by atoms with Crippen LogP contribution in [-0.4, -0.2) is 91.6 Å². The molecule has 0 spiro atoms. The van der Waals surface area contributed by atoms with Crippen LogP contribution in [0, 0.1) is 0 Å². The van der Waals surface area contributed by atoms with Gasteiger partial charge in [0.15, 0.2) is 5.82 Å². The first-order valence-corrected chi connectivity index (χ1v) is 12.8. The number of hydrogen-bond donors (Lipinski definition) is 3. The molecule has 2 saturated heterocycles. The standard InChI is InChI=1S/C25H37N9O2/c1-4-5-17(6-7-35)29-24-23-21(30-25(26)31-24)11-28-34(23)12-16-10-27-18(8-22(16)36-3)13-33-15-19-9-20(33)14-32(19)2/h8,10-11,17,19-20,35H,4-7,9,12-15H2,1-3H3,(H3,26,29,30,31)/t17-,19-,20-/m0/s1. The summed E-state index contributed by atoms with van der Waals surface area (Å²) in [6.07, 6.45) is 7.37. The molecule has 3 atom stereocenters. The van der Waals surface area contributed by atoms with Crippen molar-refractivity contribution in [2.45, 2.75) is 63.8 Å². The van der Waals surface area contributed by atoms with Crippen molar-refractivity contribution in [2.24, 2.45) is 0 Å². The normalized spacial score (nSPS) is 20.9. The van der Waals surface area contributed by atoms with E-state index >= 15 is 0 Å². The maximum Gasteiger partial charge on any atom is 0.222 e. The molecule has 5 rings (SSSR count). The molecule has 4 N–H and O–H groups in total. The molecule has 2 bridgehead atoms. The highest BCUT2D eigenvalue weighted by Crippen LogP contribution is 2.31. The predicted molar refractivity (Wildman–Crippen MR) is 139 cm³/mol. The summed E-state index contributed by atoms with van der Waals surface area (Å²) in [6, 6.07) is 3.40. The minimum Gasteiger partial charge on any atom is -0.496 e. The average molecular weight is 496 g/mol. The van der Waals surface area contributed by atoms with Crippen LogP contribution in [0.3, 0.4) is 0 Å². The van der Waals surface area contributed by atoms with E-state index in [0.29, 0.717) is 36.4 Å². The van der Waals surface area contributed by atoms with Gasteiger partial charge in [-0.05, 0) is 26.3 Å². The Morgan fingerprint density at radius 1 is 1.19 bits per heavy atom. The Bertz CT molecular complexity index is 1190. The molecule has 194 valence electrons. The van der Waals surface area contributed by atoms with Crippen LogP contribution in [0.2, 0.25) is 0 Å². The lowest BCUT2D eigenvalue weighted by Gasteiger charge is -2.31. The lowest BCUT2D eigenvalue weighted by molar-refractivity contribution is 0.142. The number of rotatable bonds is 11. The summed E-state index contributed by atoms with van der Waals surface area (Å²) in [5.41, 5.74) is 9.37. The first kappa shape index (κ1) is 24.7. The quantitative estimate of drug-likeness (QED) is 0.361. The number of anilines is 2. The van der Waals surface area contributed by atoms with E-state index in [1.165, 1.54) is 6.42 Å². The molecule has 5 heterocycles. The summed E-state index contributed by atoms with van der Waals surface area (Å²) in [5.74, 6) is 1.61. The molecule has 36 heavy (non-hydrogen) atoms. The minimum absolute atomic E-state index is 0.0805. The number of methoxy groups -OCH3 is 1. The zero-order valence-electron chi connectivity index (χ0n) is 21.4. The number of aromatic nitrogens is 5. The number of nitrogens with two attached hydrogens (primary N) is 1. The number of piperazine rings is 1. The van der Waals surface area contributed by atoms with Gasteiger partial charge < -0.3 is 25.8 Å². The number of fused-ring (bicyclic) bond motifs is 3. The molecule has 3 aromatic heterocycles. The fourth-order valence-electron chi connectivity index (χ4n) is 5.64.